The second-order valence-electron chi connectivity index (χ2n) is 14.1. The number of aliphatic hydroxyl groups excluding tert-OH is 1. The number of nitrogens with zero attached hydrogens (tertiary/aromatic N) is 3. The Hall–Kier alpha value is -1.83. The zero-order valence-corrected chi connectivity index (χ0v) is 22.1. The van der Waals surface area contributed by atoms with Crippen molar-refractivity contribution in [1.29, 1.82) is 0 Å². The maximum Gasteiger partial charge on any atom is 0.303 e. The number of carboxylic acids is 1. The molecular weight excluding hydrogens is 454 g/mol. The molecule has 4 spiro atoms. The topological polar surface area (TPSA) is 124 Å². The lowest BCUT2D eigenvalue weighted by Crippen LogP contribution is -2.55. The van der Waals surface area contributed by atoms with Gasteiger partial charge in [-0.2, -0.15) is 0 Å². The van der Waals surface area contributed by atoms with Crippen molar-refractivity contribution in [3.05, 3.63) is 0 Å². The highest BCUT2D eigenvalue weighted by Crippen LogP contribution is 2.92. The molecule has 0 aromatic carbocycles. The van der Waals surface area contributed by atoms with Gasteiger partial charge in [0.05, 0.1) is 6.10 Å². The summed E-state index contributed by atoms with van der Waals surface area (Å²) in [6.45, 7) is 2.26. The van der Waals surface area contributed by atoms with Crippen LogP contribution in [-0.4, -0.2) is 58.9 Å². The van der Waals surface area contributed by atoms with Gasteiger partial charge in [-0.05, 0) is 111 Å². The number of nitrogens with two attached hydrogens (primary N) is 1. The molecule has 6 fully saturated rings. The van der Waals surface area contributed by atoms with Crippen molar-refractivity contribution in [2.45, 2.75) is 95.7 Å². The lowest BCUT2D eigenvalue weighted by molar-refractivity contribution is -0.137. The van der Waals surface area contributed by atoms with Gasteiger partial charge in [0.2, 0.25) is 5.96 Å². The molecule has 0 saturated heterocycles. The van der Waals surface area contributed by atoms with Gasteiger partial charge < -0.3 is 20.8 Å². The molecule has 7 unspecified atom stereocenters. The summed E-state index contributed by atoms with van der Waals surface area (Å²) in [5, 5.41) is 24.3. The molecule has 7 aliphatic rings. The Morgan fingerprint density at radius 1 is 1.11 bits per heavy atom. The first-order valence-corrected chi connectivity index (χ1v) is 14.3. The van der Waals surface area contributed by atoms with Crippen LogP contribution in [0.4, 0.5) is 0 Å². The van der Waals surface area contributed by atoms with Crippen LogP contribution in [0, 0.1) is 45.3 Å². The quantitative estimate of drug-likeness (QED) is 0.473. The van der Waals surface area contributed by atoms with Crippen molar-refractivity contribution in [2.75, 3.05) is 14.1 Å². The van der Waals surface area contributed by atoms with Gasteiger partial charge in [0.1, 0.15) is 0 Å². The number of carboxylic acid groups (broad SMARTS) is 1. The molecule has 1 heterocycles. The van der Waals surface area contributed by atoms with Crippen LogP contribution in [0.5, 0.6) is 0 Å². The lowest BCUT2D eigenvalue weighted by atomic mass is 9.50. The average Bonchev–Trinajstić information content (AvgIpc) is 3.65. The van der Waals surface area contributed by atoms with E-state index in [1.807, 2.05) is 19.0 Å². The van der Waals surface area contributed by atoms with E-state index in [1.54, 1.807) is 0 Å². The number of nitrogens with one attached hydrogen (secondary N) is 1. The molecule has 36 heavy (non-hydrogen) atoms. The molecule has 0 aromatic rings. The van der Waals surface area contributed by atoms with Gasteiger partial charge in [0.25, 0.3) is 0 Å². The summed E-state index contributed by atoms with van der Waals surface area (Å²) in [6.07, 6.45) is 12.1. The number of aliphatic imine (C=N–C) groups is 2. The van der Waals surface area contributed by atoms with Gasteiger partial charge in [0.15, 0.2) is 11.6 Å². The monoisotopic (exact) mass is 497 g/mol. The highest BCUT2D eigenvalue weighted by molar-refractivity contribution is 5.99. The average molecular weight is 498 g/mol. The highest BCUT2D eigenvalue weighted by Gasteiger charge is 2.87. The van der Waals surface area contributed by atoms with Crippen molar-refractivity contribution in [1.82, 2.24) is 10.2 Å². The maximum absolute atomic E-state index is 11.9. The maximum atomic E-state index is 11.9. The van der Waals surface area contributed by atoms with Crippen LogP contribution in [0.25, 0.3) is 0 Å². The van der Waals surface area contributed by atoms with Crippen LogP contribution in [0.15, 0.2) is 9.98 Å². The molecule has 6 saturated carbocycles. The van der Waals surface area contributed by atoms with Crippen molar-refractivity contribution in [3.8, 4) is 0 Å². The Morgan fingerprint density at radius 2 is 1.92 bits per heavy atom. The summed E-state index contributed by atoms with van der Waals surface area (Å²) < 4.78 is 0. The summed E-state index contributed by atoms with van der Waals surface area (Å²) >= 11 is 0. The molecule has 7 rings (SSSR count). The Labute approximate surface area is 214 Å². The fourth-order valence-electron chi connectivity index (χ4n) is 11.6. The van der Waals surface area contributed by atoms with Crippen molar-refractivity contribution in [2.24, 2.45) is 61.1 Å². The molecular formula is C28H43N5O3. The molecule has 0 amide bonds. The summed E-state index contributed by atoms with van der Waals surface area (Å²) in [4.78, 5) is 23.2. The molecule has 5 N–H and O–H groups in total. The van der Waals surface area contributed by atoms with Gasteiger partial charge in [-0.3, -0.25) is 10.1 Å². The van der Waals surface area contributed by atoms with Crippen molar-refractivity contribution < 1.29 is 15.0 Å². The zero-order valence-electron chi connectivity index (χ0n) is 22.1. The van der Waals surface area contributed by atoms with E-state index in [9.17, 15) is 15.0 Å². The molecule has 0 aromatic heterocycles. The van der Waals surface area contributed by atoms with Gasteiger partial charge in [-0.1, -0.05) is 6.92 Å². The van der Waals surface area contributed by atoms with E-state index in [0.717, 1.165) is 50.4 Å². The zero-order chi connectivity index (χ0) is 25.3. The molecule has 8 nitrogen and oxygen atoms in total. The molecule has 0 radical (unpaired) electrons. The SMILES string of the molecule is C[C@@H](CCC(=O)O)C12CCC3C4CCC5CC6(CC[C@@]57CC47C[C@H](O)C31C2)N=C(N)NC(N(C)C)=N6. The number of fused-ring (bicyclic) bond motifs is 1. The van der Waals surface area contributed by atoms with Crippen molar-refractivity contribution >= 4 is 17.9 Å². The number of carbonyl (C=O) groups is 1. The largest absolute Gasteiger partial charge is 0.481 e. The summed E-state index contributed by atoms with van der Waals surface area (Å²) in [6, 6.07) is 0. The minimum absolute atomic E-state index is 0.0615. The van der Waals surface area contributed by atoms with E-state index < -0.39 is 11.6 Å². The standard InChI is InChI=1S/C28H43N5O3/c1-16(4-7-21(35)36)24-9-8-19-18-6-5-17-12-27(31-22(29)30-23(32-27)33(2)3)11-10-25(17)14-26(18,25)13-20(34)28(19,24)15-24/h16-20,34H,4-15H2,1-3H3,(H,35,36)(H3,29,30,31,32)/t16-,17?,18?,19?,20-,24?,25+,26?,27?,28?/m0/s1. The number of aliphatic carboxylic acids is 1. The number of aliphatic hydroxyl groups is 1. The van der Waals surface area contributed by atoms with Crippen LogP contribution < -0.4 is 11.1 Å². The fraction of sp³-hybridized carbons (Fsp3) is 0.893. The first-order chi connectivity index (χ1) is 17.0. The number of hydrogen-bond acceptors (Lipinski definition) is 7. The third kappa shape index (κ3) is 2.62. The van der Waals surface area contributed by atoms with Gasteiger partial charge in [0, 0.05) is 25.9 Å². The Balaban J connectivity index is 1.14. The molecule has 6 aliphatic carbocycles. The predicted molar refractivity (Wildman–Crippen MR) is 137 cm³/mol. The van der Waals surface area contributed by atoms with Crippen LogP contribution >= 0.6 is 0 Å². The summed E-state index contributed by atoms with van der Waals surface area (Å²) in [7, 11) is 3.98. The van der Waals surface area contributed by atoms with Crippen LogP contribution in [0.2, 0.25) is 0 Å². The van der Waals surface area contributed by atoms with Crippen LogP contribution in [0.1, 0.15) is 84.0 Å². The number of hydrogen-bond donors (Lipinski definition) is 4. The summed E-state index contributed by atoms with van der Waals surface area (Å²) in [5.41, 5.74) is 6.68. The second kappa shape index (κ2) is 6.97. The Morgan fingerprint density at radius 3 is 2.67 bits per heavy atom. The molecule has 1 aliphatic heterocycles. The normalized spacial score (nSPS) is 52.3. The highest BCUT2D eigenvalue weighted by atomic mass is 16.4. The minimum Gasteiger partial charge on any atom is -0.481 e. The first-order valence-electron chi connectivity index (χ1n) is 14.3. The second-order valence-corrected chi connectivity index (χ2v) is 14.1. The van der Waals surface area contributed by atoms with Crippen LogP contribution in [0.3, 0.4) is 0 Å². The fourth-order valence-corrected chi connectivity index (χ4v) is 11.6. The van der Waals surface area contributed by atoms with E-state index in [4.69, 9.17) is 15.7 Å². The van der Waals surface area contributed by atoms with Crippen molar-refractivity contribution in [3.63, 3.8) is 0 Å². The third-order valence-corrected chi connectivity index (χ3v) is 13.0. The van der Waals surface area contributed by atoms with Gasteiger partial charge in [-0.15, -0.1) is 0 Å². The Bertz CT molecular complexity index is 1080. The molecule has 10 atom stereocenters. The van der Waals surface area contributed by atoms with E-state index in [1.165, 1.54) is 32.1 Å². The third-order valence-electron chi connectivity index (χ3n) is 13.0. The molecule has 0 bridgehead atoms. The molecule has 8 heteroatoms. The summed E-state index contributed by atoms with van der Waals surface area (Å²) in [5.74, 6) is 2.92. The molecule has 198 valence electrons. The Kier molecular flexibility index (Phi) is 4.51. The smallest absolute Gasteiger partial charge is 0.303 e. The van der Waals surface area contributed by atoms with Gasteiger partial charge >= 0.3 is 5.97 Å². The van der Waals surface area contributed by atoms with Gasteiger partial charge in [-0.25, -0.2) is 9.98 Å². The van der Waals surface area contributed by atoms with E-state index in [2.05, 4.69) is 12.2 Å². The minimum atomic E-state index is -0.694. The predicted octanol–water partition coefficient (Wildman–Crippen LogP) is 3.16. The van der Waals surface area contributed by atoms with E-state index in [-0.39, 0.29) is 23.4 Å². The number of guanidine groups is 2. The van der Waals surface area contributed by atoms with E-state index >= 15 is 0 Å². The van der Waals surface area contributed by atoms with E-state index in [0.29, 0.717) is 34.5 Å². The van der Waals surface area contributed by atoms with Crippen LogP contribution in [-0.2, 0) is 4.79 Å². The first kappa shape index (κ1) is 23.3. The lowest BCUT2D eigenvalue weighted by Gasteiger charge is -2.55. The number of rotatable bonds is 4.